The highest BCUT2D eigenvalue weighted by Gasteiger charge is 2.55. The van der Waals surface area contributed by atoms with Crippen LogP contribution in [-0.2, 0) is 15.0 Å². The second-order valence-corrected chi connectivity index (χ2v) is 7.98. The average molecular weight is 408 g/mol. The molecule has 1 atom stereocenters. The molecule has 6 nitrogen and oxygen atoms in total. The fourth-order valence-corrected chi connectivity index (χ4v) is 5.45. The summed E-state index contributed by atoms with van der Waals surface area (Å²) in [5.74, 6) is -2.53. The Morgan fingerprint density at radius 3 is 2.59 bits per heavy atom. The van der Waals surface area contributed by atoms with Gasteiger partial charge in [-0.3, -0.25) is 9.59 Å². The first-order valence-electron chi connectivity index (χ1n) is 8.79. The number of benzene rings is 2. The van der Waals surface area contributed by atoms with Gasteiger partial charge in [-0.2, -0.15) is 0 Å². The quantitative estimate of drug-likeness (QED) is 0.601. The van der Waals surface area contributed by atoms with Crippen LogP contribution >= 0.6 is 11.3 Å². The van der Waals surface area contributed by atoms with E-state index in [1.54, 1.807) is 30.3 Å². The third-order valence-corrected chi connectivity index (χ3v) is 6.66. The molecule has 3 heterocycles. The minimum atomic E-state index is -1.39. The maximum atomic E-state index is 13.7. The number of hydrogen-bond acceptors (Lipinski definition) is 4. The van der Waals surface area contributed by atoms with Gasteiger partial charge < -0.3 is 15.7 Å². The van der Waals surface area contributed by atoms with Crippen LogP contribution in [0.5, 0.6) is 0 Å². The fraction of sp³-hybridized carbons (Fsp3) is 0.0952. The molecule has 1 unspecified atom stereocenters. The number of aromatic carboxylic acids is 1. The minimum Gasteiger partial charge on any atom is -0.477 e. The van der Waals surface area contributed by atoms with E-state index in [2.05, 4.69) is 10.6 Å². The lowest BCUT2D eigenvalue weighted by Gasteiger charge is -2.31. The topological polar surface area (TPSA) is 95.5 Å². The number of carboxylic acid groups (broad SMARTS) is 1. The molecule has 1 spiro atoms. The summed E-state index contributed by atoms with van der Waals surface area (Å²) >= 11 is 0.966. The van der Waals surface area contributed by atoms with Gasteiger partial charge >= 0.3 is 5.97 Å². The zero-order valence-electron chi connectivity index (χ0n) is 14.8. The van der Waals surface area contributed by atoms with Crippen LogP contribution in [0.15, 0.2) is 48.5 Å². The molecule has 144 valence electrons. The summed E-state index contributed by atoms with van der Waals surface area (Å²) in [6, 6.07) is 12.8. The molecule has 2 amide bonds. The Morgan fingerprint density at radius 2 is 1.86 bits per heavy atom. The van der Waals surface area contributed by atoms with Gasteiger partial charge in [0.05, 0.1) is 17.0 Å². The molecule has 0 bridgehead atoms. The average Bonchev–Trinajstić information content (AvgIpc) is 3.19. The van der Waals surface area contributed by atoms with E-state index >= 15 is 0 Å². The van der Waals surface area contributed by atoms with Gasteiger partial charge in [0, 0.05) is 11.3 Å². The number of hydrogen-bond donors (Lipinski definition) is 3. The van der Waals surface area contributed by atoms with E-state index in [1.165, 1.54) is 18.2 Å². The van der Waals surface area contributed by atoms with Gasteiger partial charge in [0.1, 0.15) is 16.1 Å². The van der Waals surface area contributed by atoms with Crippen molar-refractivity contribution in [2.24, 2.45) is 0 Å². The van der Waals surface area contributed by atoms with Crippen molar-refractivity contribution in [3.63, 3.8) is 0 Å². The lowest BCUT2D eigenvalue weighted by molar-refractivity contribution is -0.125. The van der Waals surface area contributed by atoms with Gasteiger partial charge in [0.15, 0.2) is 0 Å². The molecule has 0 aliphatic carbocycles. The van der Waals surface area contributed by atoms with Crippen LogP contribution < -0.4 is 10.6 Å². The van der Waals surface area contributed by atoms with Crippen LogP contribution in [0.4, 0.5) is 15.8 Å². The van der Waals surface area contributed by atoms with Crippen LogP contribution in [0.3, 0.4) is 0 Å². The maximum Gasteiger partial charge on any atom is 0.346 e. The first-order chi connectivity index (χ1) is 13.9. The number of carbonyl (C=O) groups is 3. The maximum absolute atomic E-state index is 13.7. The van der Waals surface area contributed by atoms with E-state index in [1.807, 2.05) is 0 Å². The van der Waals surface area contributed by atoms with Crippen LogP contribution in [0.25, 0.3) is 11.1 Å². The second kappa shape index (κ2) is 5.99. The summed E-state index contributed by atoms with van der Waals surface area (Å²) in [6.07, 6.45) is -0.182. The van der Waals surface area contributed by atoms with E-state index in [0.29, 0.717) is 32.9 Å². The van der Waals surface area contributed by atoms with Crippen LogP contribution in [0, 0.1) is 5.82 Å². The molecule has 1 aromatic heterocycles. The Kier molecular flexibility index (Phi) is 3.63. The third-order valence-electron chi connectivity index (χ3n) is 5.32. The zero-order chi connectivity index (χ0) is 20.3. The standard InChI is InChI=1S/C21H13FN2O4S/c22-11-6-7-12-13(8-11)23-20(28)21(12)9-14(25)24-16-15(10-4-2-1-3-5-10)17(19(26)27)29-18(16)21/h1-8H,9H2,(H,23,28)(H,24,25)(H,26,27). The molecule has 5 rings (SSSR count). The van der Waals surface area contributed by atoms with E-state index in [0.717, 1.165) is 11.3 Å². The number of anilines is 2. The Morgan fingerprint density at radius 1 is 1.10 bits per heavy atom. The predicted octanol–water partition coefficient (Wildman–Crippen LogP) is 3.83. The van der Waals surface area contributed by atoms with Gasteiger partial charge in [-0.15, -0.1) is 11.3 Å². The molecule has 2 aliphatic heterocycles. The molecule has 0 saturated heterocycles. The molecule has 2 aromatic carbocycles. The summed E-state index contributed by atoms with van der Waals surface area (Å²) in [7, 11) is 0. The number of halogens is 1. The summed E-state index contributed by atoms with van der Waals surface area (Å²) in [5.41, 5.74) is 0.691. The smallest absolute Gasteiger partial charge is 0.346 e. The molecule has 0 fully saturated rings. The Hall–Kier alpha value is -3.52. The van der Waals surface area contributed by atoms with E-state index < -0.39 is 29.0 Å². The largest absolute Gasteiger partial charge is 0.477 e. The van der Waals surface area contributed by atoms with Gasteiger partial charge in [-0.25, -0.2) is 9.18 Å². The van der Waals surface area contributed by atoms with Crippen molar-refractivity contribution in [2.45, 2.75) is 11.8 Å². The molecule has 0 saturated carbocycles. The number of rotatable bonds is 2. The van der Waals surface area contributed by atoms with Crippen molar-refractivity contribution in [3.05, 3.63) is 69.7 Å². The van der Waals surface area contributed by atoms with Crippen molar-refractivity contribution in [1.82, 2.24) is 0 Å². The van der Waals surface area contributed by atoms with E-state index in [9.17, 15) is 23.9 Å². The summed E-state index contributed by atoms with van der Waals surface area (Å²) in [4.78, 5) is 38.3. The highest BCUT2D eigenvalue weighted by molar-refractivity contribution is 7.15. The lowest BCUT2D eigenvalue weighted by atomic mass is 9.74. The Balaban J connectivity index is 1.85. The van der Waals surface area contributed by atoms with Gasteiger partial charge in [0.25, 0.3) is 0 Å². The van der Waals surface area contributed by atoms with Gasteiger partial charge in [-0.05, 0) is 23.3 Å². The molecule has 3 N–H and O–H groups in total. The highest BCUT2D eigenvalue weighted by Crippen LogP contribution is 2.56. The highest BCUT2D eigenvalue weighted by atomic mass is 32.1. The molecule has 0 radical (unpaired) electrons. The van der Waals surface area contributed by atoms with E-state index in [4.69, 9.17) is 0 Å². The van der Waals surface area contributed by atoms with Gasteiger partial charge in [-0.1, -0.05) is 36.4 Å². The van der Waals surface area contributed by atoms with Crippen LogP contribution in [-0.4, -0.2) is 22.9 Å². The summed E-state index contributed by atoms with van der Waals surface area (Å²) in [6.45, 7) is 0. The number of carboxylic acids is 1. The number of nitrogens with one attached hydrogen (secondary N) is 2. The summed E-state index contributed by atoms with van der Waals surface area (Å²) < 4.78 is 13.7. The summed E-state index contributed by atoms with van der Waals surface area (Å²) in [5, 5.41) is 15.2. The normalized spacial score (nSPS) is 19.5. The Labute approximate surface area is 168 Å². The van der Waals surface area contributed by atoms with Crippen molar-refractivity contribution >= 4 is 40.5 Å². The number of thiophene rings is 1. The van der Waals surface area contributed by atoms with E-state index in [-0.39, 0.29) is 11.3 Å². The fourth-order valence-electron chi connectivity index (χ4n) is 4.13. The molecule has 8 heteroatoms. The van der Waals surface area contributed by atoms with Crippen LogP contribution in [0.1, 0.15) is 26.5 Å². The molecule has 2 aliphatic rings. The molecule has 29 heavy (non-hydrogen) atoms. The first kappa shape index (κ1) is 17.6. The zero-order valence-corrected chi connectivity index (χ0v) is 15.6. The number of amides is 2. The number of fused-ring (bicyclic) bond motifs is 4. The monoisotopic (exact) mass is 408 g/mol. The number of carbonyl (C=O) groups excluding carboxylic acids is 2. The van der Waals surface area contributed by atoms with Crippen molar-refractivity contribution < 1.29 is 23.9 Å². The molecule has 3 aromatic rings. The van der Waals surface area contributed by atoms with Crippen molar-refractivity contribution in [1.29, 1.82) is 0 Å². The third kappa shape index (κ3) is 2.35. The van der Waals surface area contributed by atoms with Gasteiger partial charge in [0.2, 0.25) is 11.8 Å². The minimum absolute atomic E-state index is 0.0335. The lowest BCUT2D eigenvalue weighted by Crippen LogP contribution is -2.42. The Bertz CT molecular complexity index is 1220. The van der Waals surface area contributed by atoms with Crippen molar-refractivity contribution in [3.8, 4) is 11.1 Å². The van der Waals surface area contributed by atoms with Crippen molar-refractivity contribution in [2.75, 3.05) is 10.6 Å². The molecular weight excluding hydrogens is 395 g/mol. The predicted molar refractivity (Wildman–Crippen MR) is 106 cm³/mol. The van der Waals surface area contributed by atoms with Crippen LogP contribution in [0.2, 0.25) is 0 Å². The second-order valence-electron chi connectivity index (χ2n) is 6.96. The first-order valence-corrected chi connectivity index (χ1v) is 9.61. The molecular formula is C21H13FN2O4S. The SMILES string of the molecule is O=C1CC2(C(=O)Nc3cc(F)ccc32)c2sc(C(=O)O)c(-c3ccccc3)c2N1.